The van der Waals surface area contributed by atoms with Crippen LogP contribution in [-0.2, 0) is 0 Å². The fraction of sp³-hybridized carbons (Fsp3) is 0. The molecule has 116 valence electrons. The monoisotopic (exact) mass is 316 g/mol. The van der Waals surface area contributed by atoms with Crippen LogP contribution in [0.1, 0.15) is 15.9 Å². The Morgan fingerprint density at radius 1 is 1.00 bits per heavy atom. The summed E-state index contributed by atoms with van der Waals surface area (Å²) in [5.41, 5.74) is 0.738. The van der Waals surface area contributed by atoms with E-state index < -0.39 is 11.4 Å². The summed E-state index contributed by atoms with van der Waals surface area (Å²) in [6, 6.07) is 15.9. The van der Waals surface area contributed by atoms with Gasteiger partial charge in [-0.1, -0.05) is 43.0 Å². The van der Waals surface area contributed by atoms with Gasteiger partial charge in [-0.15, -0.1) is 0 Å². The molecule has 4 nitrogen and oxygen atoms in total. The van der Waals surface area contributed by atoms with Gasteiger partial charge in [0.15, 0.2) is 0 Å². The van der Waals surface area contributed by atoms with E-state index in [1.807, 2.05) is 24.3 Å². The summed E-state index contributed by atoms with van der Waals surface area (Å²) in [7, 11) is 0. The fourth-order valence-corrected chi connectivity index (χ4v) is 2.67. The summed E-state index contributed by atoms with van der Waals surface area (Å²) in [4.78, 5) is 25.0. The lowest BCUT2D eigenvalue weighted by atomic mass is 9.98. The third kappa shape index (κ3) is 2.25. The third-order valence-corrected chi connectivity index (χ3v) is 3.88. The van der Waals surface area contributed by atoms with Crippen molar-refractivity contribution in [3.05, 3.63) is 94.1 Å². The Balaban J connectivity index is 1.85. The van der Waals surface area contributed by atoms with Crippen molar-refractivity contribution in [2.24, 2.45) is 0 Å². The first kappa shape index (κ1) is 14.2. The number of carbonyl (C=O) groups excluding carboxylic acids is 1. The fourth-order valence-electron chi connectivity index (χ4n) is 2.67. The van der Waals surface area contributed by atoms with Gasteiger partial charge in [-0.3, -0.25) is 4.79 Å². The smallest absolute Gasteiger partial charge is 0.347 e. The van der Waals surface area contributed by atoms with Gasteiger partial charge in [-0.05, 0) is 24.3 Å². The number of hydrogen-bond acceptors (Lipinski definition) is 4. The van der Waals surface area contributed by atoms with E-state index in [0.717, 1.165) is 5.56 Å². The van der Waals surface area contributed by atoms with Crippen molar-refractivity contribution in [2.45, 2.75) is 0 Å². The summed E-state index contributed by atoms with van der Waals surface area (Å²) < 4.78 is 10.8. The predicted octanol–water partition coefficient (Wildman–Crippen LogP) is 3.97. The first-order chi connectivity index (χ1) is 11.6. The van der Waals surface area contributed by atoms with Gasteiger partial charge >= 0.3 is 5.63 Å². The second kappa shape index (κ2) is 5.35. The van der Waals surface area contributed by atoms with Crippen molar-refractivity contribution in [3.8, 4) is 5.75 Å². The van der Waals surface area contributed by atoms with E-state index >= 15 is 0 Å². The highest BCUT2D eigenvalue weighted by atomic mass is 16.5. The van der Waals surface area contributed by atoms with Gasteiger partial charge in [0.05, 0.1) is 5.57 Å². The van der Waals surface area contributed by atoms with Crippen LogP contribution in [-0.4, -0.2) is 5.78 Å². The number of fused-ring (bicyclic) bond motifs is 2. The van der Waals surface area contributed by atoms with Gasteiger partial charge in [-0.25, -0.2) is 4.79 Å². The van der Waals surface area contributed by atoms with Crippen molar-refractivity contribution in [1.29, 1.82) is 0 Å². The maximum absolute atomic E-state index is 12.8. The normalized spacial score (nSPS) is 13.2. The third-order valence-electron chi connectivity index (χ3n) is 3.88. The molecule has 1 aliphatic heterocycles. The molecule has 2 aromatic carbocycles. The molecule has 4 rings (SSSR count). The van der Waals surface area contributed by atoms with Gasteiger partial charge in [0.25, 0.3) is 0 Å². The number of carbonyl (C=O) groups is 1. The summed E-state index contributed by atoms with van der Waals surface area (Å²) >= 11 is 0. The molecule has 0 radical (unpaired) electrons. The van der Waals surface area contributed by atoms with E-state index in [0.29, 0.717) is 16.7 Å². The highest BCUT2D eigenvalue weighted by Gasteiger charge is 2.25. The van der Waals surface area contributed by atoms with Crippen LogP contribution in [0.15, 0.2) is 81.7 Å². The zero-order valence-corrected chi connectivity index (χ0v) is 12.6. The highest BCUT2D eigenvalue weighted by Crippen LogP contribution is 2.32. The molecule has 0 fully saturated rings. The van der Waals surface area contributed by atoms with E-state index in [1.54, 1.807) is 30.3 Å². The lowest BCUT2D eigenvalue weighted by Gasteiger charge is -2.18. The number of hydrogen-bond donors (Lipinski definition) is 0. The average Bonchev–Trinajstić information content (AvgIpc) is 2.60. The van der Waals surface area contributed by atoms with Crippen LogP contribution in [0.2, 0.25) is 0 Å². The van der Waals surface area contributed by atoms with Crippen molar-refractivity contribution in [1.82, 2.24) is 0 Å². The molecule has 0 spiro atoms. The lowest BCUT2D eigenvalue weighted by molar-refractivity contribution is 0.102. The molecule has 0 bridgehead atoms. The molecule has 2 heterocycles. The zero-order chi connectivity index (χ0) is 16.7. The summed E-state index contributed by atoms with van der Waals surface area (Å²) in [5.74, 6) is 0.380. The topological polar surface area (TPSA) is 56.5 Å². The van der Waals surface area contributed by atoms with Crippen LogP contribution < -0.4 is 10.4 Å². The standard InChI is InChI=1S/C20H12O4/c1-12-15(10-13-6-2-4-8-17(13)23-12)19(21)16-11-14-7-3-5-9-18(14)24-20(16)22/h2-11H,1H2. The molecule has 0 amide bonds. The largest absolute Gasteiger partial charge is 0.457 e. The predicted molar refractivity (Wildman–Crippen MR) is 91.0 cm³/mol. The van der Waals surface area contributed by atoms with Gasteiger partial charge in [-0.2, -0.15) is 0 Å². The molecule has 4 heteroatoms. The average molecular weight is 316 g/mol. The van der Waals surface area contributed by atoms with Crippen LogP contribution in [0.3, 0.4) is 0 Å². The van der Waals surface area contributed by atoms with Crippen molar-refractivity contribution < 1.29 is 13.9 Å². The maximum Gasteiger partial charge on any atom is 0.347 e. The Labute approximate surface area is 137 Å². The first-order valence-corrected chi connectivity index (χ1v) is 7.39. The molecule has 1 aromatic heterocycles. The number of ether oxygens (including phenoxy) is 1. The molecule has 0 saturated carbocycles. The van der Waals surface area contributed by atoms with E-state index in [2.05, 4.69) is 6.58 Å². The molecule has 1 aliphatic rings. The molecule has 0 aliphatic carbocycles. The van der Waals surface area contributed by atoms with E-state index in [9.17, 15) is 9.59 Å². The summed E-state index contributed by atoms with van der Waals surface area (Å²) in [6.07, 6.45) is 1.68. The SMILES string of the molecule is C=C1Oc2ccccc2C=C1C(=O)c1cc2ccccc2oc1=O. The van der Waals surface area contributed by atoms with Crippen molar-refractivity contribution >= 4 is 22.8 Å². The number of Topliss-reactive ketones (excluding diaryl/α,β-unsaturated/α-hetero) is 1. The van der Waals surface area contributed by atoms with Gasteiger partial charge in [0.2, 0.25) is 5.78 Å². The number of ketones is 1. The molecule has 0 saturated heterocycles. The minimum Gasteiger partial charge on any atom is -0.457 e. The van der Waals surface area contributed by atoms with Crippen LogP contribution in [0.5, 0.6) is 5.75 Å². The van der Waals surface area contributed by atoms with E-state index in [1.165, 1.54) is 6.07 Å². The van der Waals surface area contributed by atoms with E-state index in [4.69, 9.17) is 9.15 Å². The summed E-state index contributed by atoms with van der Waals surface area (Å²) in [5, 5.41) is 0.684. The van der Waals surface area contributed by atoms with Crippen LogP contribution in [0.25, 0.3) is 17.0 Å². The molecule has 3 aromatic rings. The minimum absolute atomic E-state index is 0.0379. The van der Waals surface area contributed by atoms with Crippen LogP contribution in [0.4, 0.5) is 0 Å². The molecular formula is C20H12O4. The zero-order valence-electron chi connectivity index (χ0n) is 12.6. The molecule has 0 unspecified atom stereocenters. The van der Waals surface area contributed by atoms with E-state index in [-0.39, 0.29) is 16.9 Å². The minimum atomic E-state index is -0.675. The summed E-state index contributed by atoms with van der Waals surface area (Å²) in [6.45, 7) is 3.79. The van der Waals surface area contributed by atoms with Gasteiger partial charge in [0, 0.05) is 10.9 Å². The highest BCUT2D eigenvalue weighted by molar-refractivity contribution is 6.15. The Morgan fingerprint density at radius 3 is 2.62 bits per heavy atom. The number of allylic oxidation sites excluding steroid dienone is 1. The second-order valence-electron chi connectivity index (χ2n) is 5.44. The Hall–Kier alpha value is -3.40. The Kier molecular flexibility index (Phi) is 3.17. The van der Waals surface area contributed by atoms with Gasteiger partial charge in [0.1, 0.15) is 22.7 Å². The maximum atomic E-state index is 12.8. The number of benzene rings is 2. The number of rotatable bonds is 2. The van der Waals surface area contributed by atoms with Crippen molar-refractivity contribution in [3.63, 3.8) is 0 Å². The molecule has 24 heavy (non-hydrogen) atoms. The first-order valence-electron chi connectivity index (χ1n) is 7.39. The Morgan fingerprint density at radius 2 is 1.75 bits per heavy atom. The molecule has 0 atom stereocenters. The quantitative estimate of drug-likeness (QED) is 0.530. The Bertz CT molecular complexity index is 1090. The molecule has 0 N–H and O–H groups in total. The van der Waals surface area contributed by atoms with Gasteiger partial charge < -0.3 is 9.15 Å². The van der Waals surface area contributed by atoms with Crippen LogP contribution >= 0.6 is 0 Å². The lowest BCUT2D eigenvalue weighted by Crippen LogP contribution is -2.19. The molecular weight excluding hydrogens is 304 g/mol. The number of para-hydroxylation sites is 2. The van der Waals surface area contributed by atoms with Crippen LogP contribution in [0, 0.1) is 0 Å². The van der Waals surface area contributed by atoms with Crippen molar-refractivity contribution in [2.75, 3.05) is 0 Å². The second-order valence-corrected chi connectivity index (χ2v) is 5.44.